The van der Waals surface area contributed by atoms with Crippen molar-refractivity contribution in [2.45, 2.75) is 19.8 Å². The second-order valence-electron chi connectivity index (χ2n) is 3.69. The van der Waals surface area contributed by atoms with Crippen LogP contribution in [0.1, 0.15) is 25.3 Å². The smallest absolute Gasteiger partial charge is 0.134 e. The van der Waals surface area contributed by atoms with Crippen LogP contribution in [0.5, 0.6) is 0 Å². The molecular weight excluding hydrogens is 174 g/mol. The molecule has 0 aliphatic rings. The summed E-state index contributed by atoms with van der Waals surface area (Å²) in [5.41, 5.74) is 7.93. The zero-order valence-corrected chi connectivity index (χ0v) is 8.36. The van der Waals surface area contributed by atoms with Gasteiger partial charge in [-0.15, -0.1) is 0 Å². The zero-order chi connectivity index (χ0) is 10.1. The highest BCUT2D eigenvalue weighted by Gasteiger charge is 2.03. The predicted octanol–water partition coefficient (Wildman–Crippen LogP) is 2.34. The average Bonchev–Trinajstić information content (AvgIpc) is 2.17. The molecule has 1 heterocycles. The first kappa shape index (κ1) is 8.94. The van der Waals surface area contributed by atoms with Crippen LogP contribution in [0.4, 0.5) is 5.82 Å². The Balaban J connectivity index is 2.67. The Morgan fingerprint density at radius 3 is 2.71 bits per heavy atom. The Morgan fingerprint density at radius 2 is 2.00 bits per heavy atom. The van der Waals surface area contributed by atoms with Crippen molar-refractivity contribution in [3.63, 3.8) is 0 Å². The topological polar surface area (TPSA) is 51.8 Å². The van der Waals surface area contributed by atoms with Gasteiger partial charge in [-0.3, -0.25) is 0 Å². The summed E-state index contributed by atoms with van der Waals surface area (Å²) in [6.45, 7) is 4.32. The number of aromatic nitrogens is 2. The van der Waals surface area contributed by atoms with Gasteiger partial charge < -0.3 is 5.73 Å². The Morgan fingerprint density at radius 1 is 1.21 bits per heavy atom. The highest BCUT2D eigenvalue weighted by Crippen LogP contribution is 2.21. The van der Waals surface area contributed by atoms with Crippen molar-refractivity contribution in [3.05, 3.63) is 30.1 Å². The molecule has 1 aromatic carbocycles. The minimum atomic E-state index is 0.510. The normalized spacial score (nSPS) is 11.1. The lowest BCUT2D eigenvalue weighted by molar-refractivity contribution is 0.868. The van der Waals surface area contributed by atoms with Gasteiger partial charge in [-0.1, -0.05) is 19.9 Å². The summed E-state index contributed by atoms with van der Waals surface area (Å²) in [5, 5.41) is 0.928. The van der Waals surface area contributed by atoms with Gasteiger partial charge in [0.1, 0.15) is 12.1 Å². The van der Waals surface area contributed by atoms with E-state index in [-0.39, 0.29) is 0 Å². The summed E-state index contributed by atoms with van der Waals surface area (Å²) in [5.74, 6) is 1.06. The zero-order valence-electron chi connectivity index (χ0n) is 8.36. The number of hydrogen-bond donors (Lipinski definition) is 1. The average molecular weight is 187 g/mol. The molecule has 0 unspecified atom stereocenters. The van der Waals surface area contributed by atoms with Gasteiger partial charge in [0.15, 0.2) is 0 Å². The van der Waals surface area contributed by atoms with E-state index in [0.29, 0.717) is 11.7 Å². The molecule has 0 fully saturated rings. The number of nitrogens with two attached hydrogens (primary N) is 1. The number of nitrogen functional groups attached to an aromatic ring is 1. The Labute approximate surface area is 83.0 Å². The van der Waals surface area contributed by atoms with Gasteiger partial charge in [-0.25, -0.2) is 9.97 Å². The summed E-state index contributed by atoms with van der Waals surface area (Å²) in [6.07, 6.45) is 1.50. The number of fused-ring (bicyclic) bond motifs is 1. The molecule has 0 radical (unpaired) electrons. The van der Waals surface area contributed by atoms with E-state index in [0.717, 1.165) is 10.9 Å². The second kappa shape index (κ2) is 3.25. The van der Waals surface area contributed by atoms with Crippen LogP contribution in [-0.2, 0) is 0 Å². The molecule has 0 aliphatic carbocycles. The number of rotatable bonds is 1. The van der Waals surface area contributed by atoms with Gasteiger partial charge in [0, 0.05) is 5.39 Å². The first-order chi connectivity index (χ1) is 6.68. The van der Waals surface area contributed by atoms with E-state index in [1.165, 1.54) is 11.9 Å². The van der Waals surface area contributed by atoms with Crippen molar-refractivity contribution in [1.29, 1.82) is 0 Å². The van der Waals surface area contributed by atoms with Gasteiger partial charge in [0.05, 0.1) is 5.52 Å². The number of anilines is 1. The van der Waals surface area contributed by atoms with Crippen molar-refractivity contribution in [1.82, 2.24) is 9.97 Å². The highest BCUT2D eigenvalue weighted by molar-refractivity contribution is 5.88. The third-order valence-corrected chi connectivity index (χ3v) is 2.36. The lowest BCUT2D eigenvalue weighted by atomic mass is 10.0. The van der Waals surface area contributed by atoms with Crippen LogP contribution >= 0.6 is 0 Å². The molecule has 0 saturated heterocycles. The first-order valence-electron chi connectivity index (χ1n) is 4.68. The third-order valence-electron chi connectivity index (χ3n) is 2.36. The molecule has 2 aromatic rings. The summed E-state index contributed by atoms with van der Waals surface area (Å²) in [7, 11) is 0. The van der Waals surface area contributed by atoms with Crippen LogP contribution < -0.4 is 5.73 Å². The highest BCUT2D eigenvalue weighted by atomic mass is 14.9. The van der Waals surface area contributed by atoms with Crippen LogP contribution in [-0.4, -0.2) is 9.97 Å². The molecule has 1 aromatic heterocycles. The van der Waals surface area contributed by atoms with Crippen LogP contribution in [0.15, 0.2) is 24.5 Å². The summed E-state index contributed by atoms with van der Waals surface area (Å²) >= 11 is 0. The molecule has 3 nitrogen and oxygen atoms in total. The van der Waals surface area contributed by atoms with Crippen molar-refractivity contribution in [2.24, 2.45) is 0 Å². The summed E-state index contributed by atoms with van der Waals surface area (Å²) in [4.78, 5) is 8.14. The maximum Gasteiger partial charge on any atom is 0.134 e. The summed E-state index contributed by atoms with van der Waals surface area (Å²) in [6, 6.07) is 6.13. The largest absolute Gasteiger partial charge is 0.383 e. The number of nitrogens with zero attached hydrogens (tertiary/aromatic N) is 2. The van der Waals surface area contributed by atoms with Crippen molar-refractivity contribution < 1.29 is 0 Å². The standard InChI is InChI=1S/C11H13N3/c1-7(2)8-3-4-9-10(5-8)13-6-14-11(9)12/h3-7H,1-2H3,(H2,12,13,14). The Bertz CT molecular complexity index is 463. The molecule has 0 amide bonds. The van der Waals surface area contributed by atoms with Crippen molar-refractivity contribution in [2.75, 3.05) is 5.73 Å². The molecule has 2 N–H and O–H groups in total. The maximum absolute atomic E-state index is 5.73. The fourth-order valence-electron chi connectivity index (χ4n) is 1.45. The molecule has 14 heavy (non-hydrogen) atoms. The van der Waals surface area contributed by atoms with Gasteiger partial charge in [-0.05, 0) is 23.6 Å². The monoisotopic (exact) mass is 187 g/mol. The summed E-state index contributed by atoms with van der Waals surface area (Å²) < 4.78 is 0. The predicted molar refractivity (Wildman–Crippen MR) is 58.0 cm³/mol. The SMILES string of the molecule is CC(C)c1ccc2c(N)ncnc2c1. The van der Waals surface area contributed by atoms with Gasteiger partial charge >= 0.3 is 0 Å². The van der Waals surface area contributed by atoms with Gasteiger partial charge in [0.2, 0.25) is 0 Å². The minimum Gasteiger partial charge on any atom is -0.383 e. The van der Waals surface area contributed by atoms with Gasteiger partial charge in [0.25, 0.3) is 0 Å². The van der Waals surface area contributed by atoms with E-state index in [9.17, 15) is 0 Å². The van der Waals surface area contributed by atoms with E-state index >= 15 is 0 Å². The second-order valence-corrected chi connectivity index (χ2v) is 3.69. The van der Waals surface area contributed by atoms with E-state index < -0.39 is 0 Å². The molecule has 0 atom stereocenters. The van der Waals surface area contributed by atoms with E-state index in [1.807, 2.05) is 6.07 Å². The Hall–Kier alpha value is -1.64. The molecule has 3 heteroatoms. The third kappa shape index (κ3) is 1.41. The van der Waals surface area contributed by atoms with Crippen LogP contribution in [0.3, 0.4) is 0 Å². The fourth-order valence-corrected chi connectivity index (χ4v) is 1.45. The molecule has 0 saturated carbocycles. The minimum absolute atomic E-state index is 0.510. The van der Waals surface area contributed by atoms with Crippen LogP contribution in [0.25, 0.3) is 10.9 Å². The van der Waals surface area contributed by atoms with Crippen molar-refractivity contribution in [3.8, 4) is 0 Å². The molecule has 0 spiro atoms. The van der Waals surface area contributed by atoms with Gasteiger partial charge in [-0.2, -0.15) is 0 Å². The van der Waals surface area contributed by atoms with Crippen molar-refractivity contribution >= 4 is 16.7 Å². The molecular formula is C11H13N3. The van der Waals surface area contributed by atoms with E-state index in [1.54, 1.807) is 0 Å². The molecule has 2 rings (SSSR count). The quantitative estimate of drug-likeness (QED) is 0.745. The van der Waals surface area contributed by atoms with E-state index in [4.69, 9.17) is 5.73 Å². The molecule has 72 valence electrons. The lowest BCUT2D eigenvalue weighted by Crippen LogP contribution is -1.94. The van der Waals surface area contributed by atoms with Crippen LogP contribution in [0.2, 0.25) is 0 Å². The Kier molecular flexibility index (Phi) is 2.08. The number of benzene rings is 1. The maximum atomic E-state index is 5.73. The fraction of sp³-hybridized carbons (Fsp3) is 0.273. The van der Waals surface area contributed by atoms with Crippen LogP contribution in [0, 0.1) is 0 Å². The van der Waals surface area contributed by atoms with E-state index in [2.05, 4.69) is 35.9 Å². The molecule has 0 aliphatic heterocycles. The molecule has 0 bridgehead atoms. The number of hydrogen-bond acceptors (Lipinski definition) is 3. The lowest BCUT2D eigenvalue weighted by Gasteiger charge is -2.06. The first-order valence-corrected chi connectivity index (χ1v) is 4.68.